The smallest absolute Gasteiger partial charge is 0.271 e. The third kappa shape index (κ3) is 5.44. The van der Waals surface area contributed by atoms with Gasteiger partial charge in [0.1, 0.15) is 0 Å². The standard InChI is InChI=1S/C32H26N4O2/c1-23(37)34-28-17-11-16-26(20-28)32(38)35-33-22-27-21-30(24-12-5-2-6-13-24)36(29-18-9-4-10-19-29)31(27)25-14-7-3-8-15-25/h2-22H,1H3,(H,34,37)(H,35,38)/b33-22-. The van der Waals surface area contributed by atoms with Crippen molar-refractivity contribution < 1.29 is 9.59 Å². The predicted octanol–water partition coefficient (Wildman–Crippen LogP) is 6.53. The second-order valence-corrected chi connectivity index (χ2v) is 8.70. The summed E-state index contributed by atoms with van der Waals surface area (Å²) in [5, 5.41) is 7.00. The number of hydrogen-bond donors (Lipinski definition) is 2. The molecule has 0 radical (unpaired) electrons. The highest BCUT2D eigenvalue weighted by atomic mass is 16.2. The first-order chi connectivity index (χ1) is 18.6. The minimum absolute atomic E-state index is 0.203. The van der Waals surface area contributed by atoms with E-state index in [0.29, 0.717) is 11.3 Å². The van der Waals surface area contributed by atoms with Crippen molar-refractivity contribution in [3.8, 4) is 28.2 Å². The molecule has 4 aromatic carbocycles. The molecule has 0 aliphatic heterocycles. The number of benzene rings is 4. The molecule has 6 heteroatoms. The Hall–Kier alpha value is -5.23. The van der Waals surface area contributed by atoms with Gasteiger partial charge in [-0.1, -0.05) is 84.9 Å². The fraction of sp³-hybridized carbons (Fsp3) is 0.0312. The maximum absolute atomic E-state index is 12.8. The molecular weight excluding hydrogens is 472 g/mol. The molecule has 2 N–H and O–H groups in total. The molecule has 0 saturated carbocycles. The molecule has 6 nitrogen and oxygen atoms in total. The van der Waals surface area contributed by atoms with Crippen molar-refractivity contribution >= 4 is 23.7 Å². The summed E-state index contributed by atoms with van der Waals surface area (Å²) < 4.78 is 2.21. The first-order valence-corrected chi connectivity index (χ1v) is 12.2. The van der Waals surface area contributed by atoms with E-state index in [0.717, 1.165) is 33.8 Å². The van der Waals surface area contributed by atoms with Gasteiger partial charge in [0.2, 0.25) is 5.91 Å². The van der Waals surface area contributed by atoms with E-state index < -0.39 is 0 Å². The molecule has 1 heterocycles. The molecule has 5 aromatic rings. The quantitative estimate of drug-likeness (QED) is 0.198. The molecular formula is C32H26N4O2. The molecule has 0 spiro atoms. The maximum Gasteiger partial charge on any atom is 0.271 e. The minimum Gasteiger partial charge on any atom is -0.326 e. The number of amides is 2. The van der Waals surface area contributed by atoms with Crippen LogP contribution in [0.25, 0.3) is 28.2 Å². The van der Waals surface area contributed by atoms with Crippen molar-refractivity contribution in [2.24, 2.45) is 5.10 Å². The SMILES string of the molecule is CC(=O)Nc1cccc(C(=O)N/N=C\c2cc(-c3ccccc3)n(-c3ccccc3)c2-c2ccccc2)c1. The van der Waals surface area contributed by atoms with Gasteiger partial charge in [-0.2, -0.15) is 5.10 Å². The lowest BCUT2D eigenvalue weighted by Crippen LogP contribution is -2.18. The summed E-state index contributed by atoms with van der Waals surface area (Å²) in [7, 11) is 0. The van der Waals surface area contributed by atoms with Crippen LogP contribution in [-0.2, 0) is 4.79 Å². The average Bonchev–Trinajstić information content (AvgIpc) is 3.33. The molecule has 0 saturated heterocycles. The van der Waals surface area contributed by atoms with Gasteiger partial charge in [-0.05, 0) is 47.5 Å². The third-order valence-electron chi connectivity index (χ3n) is 5.98. The number of hydrogen-bond acceptors (Lipinski definition) is 3. The van der Waals surface area contributed by atoms with Crippen LogP contribution in [0.1, 0.15) is 22.8 Å². The first-order valence-electron chi connectivity index (χ1n) is 12.2. The van der Waals surface area contributed by atoms with Gasteiger partial charge in [-0.15, -0.1) is 0 Å². The zero-order valence-corrected chi connectivity index (χ0v) is 20.8. The van der Waals surface area contributed by atoms with Crippen molar-refractivity contribution in [3.05, 3.63) is 132 Å². The summed E-state index contributed by atoms with van der Waals surface area (Å²) in [5.74, 6) is -0.577. The van der Waals surface area contributed by atoms with Crippen molar-refractivity contribution in [2.45, 2.75) is 6.92 Å². The summed E-state index contributed by atoms with van der Waals surface area (Å²) in [6.45, 7) is 1.42. The molecule has 0 bridgehead atoms. The van der Waals surface area contributed by atoms with Crippen LogP contribution >= 0.6 is 0 Å². The summed E-state index contributed by atoms with van der Waals surface area (Å²) >= 11 is 0. The van der Waals surface area contributed by atoms with Gasteiger partial charge in [0, 0.05) is 29.4 Å². The van der Waals surface area contributed by atoms with Gasteiger partial charge in [-0.3, -0.25) is 9.59 Å². The van der Waals surface area contributed by atoms with E-state index in [4.69, 9.17) is 0 Å². The van der Waals surface area contributed by atoms with Gasteiger partial charge in [0.05, 0.1) is 17.6 Å². The van der Waals surface area contributed by atoms with Crippen molar-refractivity contribution in [2.75, 3.05) is 5.32 Å². The molecule has 0 atom stereocenters. The second-order valence-electron chi connectivity index (χ2n) is 8.70. The fourth-order valence-corrected chi connectivity index (χ4v) is 4.35. The van der Waals surface area contributed by atoms with E-state index in [1.165, 1.54) is 6.92 Å². The van der Waals surface area contributed by atoms with Crippen LogP contribution in [-0.4, -0.2) is 22.6 Å². The van der Waals surface area contributed by atoms with Crippen LogP contribution in [0.2, 0.25) is 0 Å². The van der Waals surface area contributed by atoms with E-state index in [2.05, 4.69) is 62.9 Å². The number of nitrogens with one attached hydrogen (secondary N) is 2. The summed E-state index contributed by atoms with van der Waals surface area (Å²) in [4.78, 5) is 24.2. The van der Waals surface area contributed by atoms with Gasteiger partial charge < -0.3 is 9.88 Å². The van der Waals surface area contributed by atoms with E-state index in [9.17, 15) is 9.59 Å². The number of aromatic nitrogens is 1. The molecule has 5 rings (SSSR count). The molecule has 2 amide bonds. The molecule has 0 unspecified atom stereocenters. The molecule has 0 aliphatic carbocycles. The largest absolute Gasteiger partial charge is 0.326 e. The molecule has 0 fully saturated rings. The van der Waals surface area contributed by atoms with E-state index in [1.54, 1.807) is 30.5 Å². The van der Waals surface area contributed by atoms with Gasteiger partial charge in [-0.25, -0.2) is 5.43 Å². The normalized spacial score (nSPS) is 10.9. The number of carbonyl (C=O) groups excluding carboxylic acids is 2. The topological polar surface area (TPSA) is 75.5 Å². The number of rotatable bonds is 7. The molecule has 186 valence electrons. The van der Waals surface area contributed by atoms with Gasteiger partial charge >= 0.3 is 0 Å². The zero-order chi connectivity index (χ0) is 26.3. The number of para-hydroxylation sites is 1. The Morgan fingerprint density at radius 1 is 0.737 bits per heavy atom. The Morgan fingerprint density at radius 3 is 2.03 bits per heavy atom. The van der Waals surface area contributed by atoms with Crippen LogP contribution in [0.5, 0.6) is 0 Å². The average molecular weight is 499 g/mol. The highest BCUT2D eigenvalue weighted by Gasteiger charge is 2.18. The minimum atomic E-state index is -0.375. The van der Waals surface area contributed by atoms with E-state index >= 15 is 0 Å². The highest BCUT2D eigenvalue weighted by Crippen LogP contribution is 2.35. The fourth-order valence-electron chi connectivity index (χ4n) is 4.35. The Bertz CT molecular complexity index is 1590. The predicted molar refractivity (Wildman–Crippen MR) is 152 cm³/mol. The summed E-state index contributed by atoms with van der Waals surface area (Å²) in [6.07, 6.45) is 1.67. The zero-order valence-electron chi connectivity index (χ0n) is 20.8. The third-order valence-corrected chi connectivity index (χ3v) is 5.98. The lowest BCUT2D eigenvalue weighted by atomic mass is 10.1. The van der Waals surface area contributed by atoms with Crippen molar-refractivity contribution in [1.29, 1.82) is 0 Å². The number of hydrazone groups is 1. The molecule has 1 aromatic heterocycles. The second kappa shape index (κ2) is 11.2. The van der Waals surface area contributed by atoms with Crippen LogP contribution in [0, 0.1) is 0 Å². The lowest BCUT2D eigenvalue weighted by molar-refractivity contribution is -0.114. The van der Waals surface area contributed by atoms with Crippen LogP contribution in [0.15, 0.2) is 126 Å². The maximum atomic E-state index is 12.8. The van der Waals surface area contributed by atoms with Crippen LogP contribution in [0.4, 0.5) is 5.69 Å². The summed E-state index contributed by atoms with van der Waals surface area (Å²) in [5.41, 5.74) is 9.48. The Morgan fingerprint density at radius 2 is 1.37 bits per heavy atom. The number of nitrogens with zero attached hydrogens (tertiary/aromatic N) is 2. The Labute approximate surface area is 221 Å². The highest BCUT2D eigenvalue weighted by molar-refractivity contribution is 5.98. The van der Waals surface area contributed by atoms with Crippen LogP contribution < -0.4 is 10.7 Å². The van der Waals surface area contributed by atoms with Crippen LogP contribution in [0.3, 0.4) is 0 Å². The number of carbonyl (C=O) groups is 2. The Balaban J connectivity index is 1.56. The Kier molecular flexibility index (Phi) is 7.23. The lowest BCUT2D eigenvalue weighted by Gasteiger charge is -2.15. The number of anilines is 1. The van der Waals surface area contributed by atoms with E-state index in [1.807, 2.05) is 54.6 Å². The van der Waals surface area contributed by atoms with Gasteiger partial charge in [0.15, 0.2) is 0 Å². The van der Waals surface area contributed by atoms with Gasteiger partial charge in [0.25, 0.3) is 5.91 Å². The summed E-state index contributed by atoms with van der Waals surface area (Å²) in [6, 6.07) is 39.3. The van der Waals surface area contributed by atoms with Crippen molar-refractivity contribution in [1.82, 2.24) is 9.99 Å². The molecule has 38 heavy (non-hydrogen) atoms. The first kappa shape index (κ1) is 24.5. The van der Waals surface area contributed by atoms with Crippen molar-refractivity contribution in [3.63, 3.8) is 0 Å². The van der Waals surface area contributed by atoms with E-state index in [-0.39, 0.29) is 11.8 Å². The monoisotopic (exact) mass is 498 g/mol. The molecule has 0 aliphatic rings.